The third-order valence-electron chi connectivity index (χ3n) is 7.12. The summed E-state index contributed by atoms with van der Waals surface area (Å²) in [6.45, 7) is 0. The molecule has 1 fully saturated rings. The van der Waals surface area contributed by atoms with Crippen molar-refractivity contribution >= 4 is 22.5 Å². The lowest BCUT2D eigenvalue weighted by atomic mass is 9.95. The Labute approximate surface area is 207 Å². The van der Waals surface area contributed by atoms with Gasteiger partial charge in [-0.1, -0.05) is 72.8 Å². The van der Waals surface area contributed by atoms with Gasteiger partial charge in [-0.3, -0.25) is 14.5 Å². The Morgan fingerprint density at radius 2 is 1.74 bits per heavy atom. The summed E-state index contributed by atoms with van der Waals surface area (Å²) in [5.41, 5.74) is 4.84. The summed E-state index contributed by atoms with van der Waals surface area (Å²) in [6, 6.07) is 26.7. The number of pyridine rings is 1. The highest BCUT2D eigenvalue weighted by atomic mass is 32.2. The number of hydrogen-bond acceptors (Lipinski definition) is 4. The lowest BCUT2D eigenvalue weighted by Gasteiger charge is -2.17. The number of H-pyrrole nitrogens is 1. The van der Waals surface area contributed by atoms with Crippen molar-refractivity contribution in [1.82, 2.24) is 19.7 Å². The molecular formula is C29H24N4OS. The number of fused-ring (bicyclic) bond motifs is 2. The summed E-state index contributed by atoms with van der Waals surface area (Å²) < 4.78 is 1.96. The van der Waals surface area contributed by atoms with Crippen LogP contribution in [0.3, 0.4) is 0 Å². The van der Waals surface area contributed by atoms with Crippen LogP contribution in [0.25, 0.3) is 22.2 Å². The average molecular weight is 477 g/mol. The van der Waals surface area contributed by atoms with Gasteiger partial charge in [0.15, 0.2) is 5.82 Å². The second-order valence-electron chi connectivity index (χ2n) is 9.42. The molecule has 7 rings (SSSR count). The van der Waals surface area contributed by atoms with Crippen molar-refractivity contribution in [2.75, 3.05) is 5.75 Å². The predicted octanol–water partition coefficient (Wildman–Crippen LogP) is 5.95. The fraction of sp³-hybridized carbons (Fsp3) is 0.207. The topological polar surface area (TPSA) is 63.6 Å². The van der Waals surface area contributed by atoms with Crippen molar-refractivity contribution in [3.63, 3.8) is 0 Å². The molecule has 6 heteroatoms. The van der Waals surface area contributed by atoms with Gasteiger partial charge in [0.2, 0.25) is 0 Å². The molecule has 0 spiro atoms. The fourth-order valence-electron chi connectivity index (χ4n) is 5.29. The Morgan fingerprint density at radius 1 is 0.943 bits per heavy atom. The van der Waals surface area contributed by atoms with Crippen molar-refractivity contribution in [1.29, 1.82) is 0 Å². The van der Waals surface area contributed by atoms with E-state index in [1.54, 1.807) is 11.8 Å². The van der Waals surface area contributed by atoms with Crippen molar-refractivity contribution < 1.29 is 0 Å². The Kier molecular flexibility index (Phi) is 4.87. The normalized spacial score (nSPS) is 17.1. The van der Waals surface area contributed by atoms with Crippen molar-refractivity contribution in [3.05, 3.63) is 112 Å². The zero-order valence-corrected chi connectivity index (χ0v) is 20.0. The molecule has 0 amide bonds. The van der Waals surface area contributed by atoms with Gasteiger partial charge in [-0.25, -0.2) is 4.98 Å². The van der Waals surface area contributed by atoms with Gasteiger partial charge in [-0.05, 0) is 52.6 Å². The first-order valence-electron chi connectivity index (χ1n) is 12.1. The van der Waals surface area contributed by atoms with E-state index >= 15 is 0 Å². The van der Waals surface area contributed by atoms with Gasteiger partial charge in [-0.2, -0.15) is 5.10 Å². The minimum absolute atomic E-state index is 0.0484. The van der Waals surface area contributed by atoms with E-state index in [0.717, 1.165) is 28.6 Å². The van der Waals surface area contributed by atoms with Crippen molar-refractivity contribution in [2.45, 2.75) is 36.2 Å². The maximum Gasteiger partial charge on any atom is 0.252 e. The molecule has 172 valence electrons. The summed E-state index contributed by atoms with van der Waals surface area (Å²) >= 11 is 1.79. The van der Waals surface area contributed by atoms with E-state index in [9.17, 15) is 4.79 Å². The number of nitrogens with zero attached hydrogens (tertiary/aromatic N) is 3. The molecule has 0 radical (unpaired) electrons. The molecule has 5 nitrogen and oxygen atoms in total. The van der Waals surface area contributed by atoms with Crippen LogP contribution in [0.15, 0.2) is 88.7 Å². The van der Waals surface area contributed by atoms with E-state index in [2.05, 4.69) is 52.7 Å². The van der Waals surface area contributed by atoms with Gasteiger partial charge >= 0.3 is 0 Å². The first kappa shape index (κ1) is 20.7. The zero-order valence-electron chi connectivity index (χ0n) is 19.1. The first-order valence-corrected chi connectivity index (χ1v) is 13.1. The van der Waals surface area contributed by atoms with Crippen LogP contribution in [-0.4, -0.2) is 25.5 Å². The predicted molar refractivity (Wildman–Crippen MR) is 140 cm³/mol. The Hall–Kier alpha value is -3.64. The van der Waals surface area contributed by atoms with Gasteiger partial charge in [0, 0.05) is 17.4 Å². The van der Waals surface area contributed by atoms with Crippen LogP contribution in [0.5, 0.6) is 0 Å². The van der Waals surface area contributed by atoms with Crippen molar-refractivity contribution in [2.24, 2.45) is 0 Å². The number of nitrogens with one attached hydrogen (secondary N) is 1. The molecule has 0 saturated heterocycles. The third-order valence-corrected chi connectivity index (χ3v) is 8.29. The van der Waals surface area contributed by atoms with Gasteiger partial charge in [0.05, 0.1) is 5.03 Å². The molecule has 1 saturated carbocycles. The second-order valence-corrected chi connectivity index (χ2v) is 10.4. The molecule has 1 N–H and O–H groups in total. The largest absolute Gasteiger partial charge is 0.291 e. The van der Waals surface area contributed by atoms with E-state index in [0.29, 0.717) is 11.7 Å². The SMILES string of the molecule is O=c1cc(Cc2cccc3ccccc23)c(C2CC2)c2n1C(c1nc(-c3ccccc3)n[nH]1)CS2. The minimum atomic E-state index is -0.128. The molecule has 5 aromatic rings. The van der Waals surface area contributed by atoms with Crippen LogP contribution in [0.4, 0.5) is 0 Å². The number of hydrogen-bond donors (Lipinski definition) is 1. The molecule has 3 heterocycles. The zero-order chi connectivity index (χ0) is 23.4. The van der Waals surface area contributed by atoms with E-state index in [-0.39, 0.29) is 11.6 Å². The summed E-state index contributed by atoms with van der Waals surface area (Å²) in [6.07, 6.45) is 3.17. The van der Waals surface area contributed by atoms with Crippen LogP contribution in [-0.2, 0) is 6.42 Å². The smallest absolute Gasteiger partial charge is 0.252 e. The van der Waals surface area contributed by atoms with Crippen LogP contribution in [0, 0.1) is 0 Å². The maximum absolute atomic E-state index is 13.5. The summed E-state index contributed by atoms with van der Waals surface area (Å²) in [5.74, 6) is 2.75. The van der Waals surface area contributed by atoms with Crippen LogP contribution in [0.2, 0.25) is 0 Å². The van der Waals surface area contributed by atoms with Crippen LogP contribution >= 0.6 is 11.8 Å². The monoisotopic (exact) mass is 476 g/mol. The molecule has 35 heavy (non-hydrogen) atoms. The van der Waals surface area contributed by atoms with Gasteiger partial charge in [0.1, 0.15) is 11.9 Å². The molecular weight excluding hydrogens is 452 g/mol. The van der Waals surface area contributed by atoms with Gasteiger partial charge in [0.25, 0.3) is 5.56 Å². The summed E-state index contributed by atoms with van der Waals surface area (Å²) in [5, 5.41) is 11.2. The van der Waals surface area contributed by atoms with Gasteiger partial charge < -0.3 is 0 Å². The minimum Gasteiger partial charge on any atom is -0.291 e. The Balaban J connectivity index is 1.30. The number of aromatic amines is 1. The highest BCUT2D eigenvalue weighted by Crippen LogP contribution is 2.49. The molecule has 1 aliphatic heterocycles. The summed E-state index contributed by atoms with van der Waals surface area (Å²) in [4.78, 5) is 18.3. The Bertz CT molecular complexity index is 1610. The fourth-order valence-corrected chi connectivity index (χ4v) is 6.72. The van der Waals surface area contributed by atoms with Crippen LogP contribution < -0.4 is 5.56 Å². The van der Waals surface area contributed by atoms with E-state index < -0.39 is 0 Å². The highest BCUT2D eigenvalue weighted by molar-refractivity contribution is 7.99. The molecule has 0 bridgehead atoms. The average Bonchev–Trinajstić information content (AvgIpc) is 3.42. The summed E-state index contributed by atoms with van der Waals surface area (Å²) in [7, 11) is 0. The number of benzene rings is 3. The lowest BCUT2D eigenvalue weighted by Crippen LogP contribution is -2.26. The molecule has 3 aromatic carbocycles. The van der Waals surface area contributed by atoms with Crippen molar-refractivity contribution in [3.8, 4) is 11.4 Å². The number of aromatic nitrogens is 4. The van der Waals surface area contributed by atoms with E-state index in [1.807, 2.05) is 41.0 Å². The molecule has 1 atom stereocenters. The number of thioether (sulfide) groups is 1. The van der Waals surface area contributed by atoms with Crippen LogP contribution in [0.1, 0.15) is 47.3 Å². The molecule has 1 unspecified atom stereocenters. The first-order chi connectivity index (χ1) is 17.3. The third kappa shape index (κ3) is 3.60. The Morgan fingerprint density at radius 3 is 2.60 bits per heavy atom. The van der Waals surface area contributed by atoms with E-state index in [1.165, 1.54) is 40.3 Å². The maximum atomic E-state index is 13.5. The molecule has 2 aliphatic rings. The second kappa shape index (κ2) is 8.24. The molecule has 1 aliphatic carbocycles. The molecule has 2 aromatic heterocycles. The number of rotatable bonds is 5. The highest BCUT2D eigenvalue weighted by Gasteiger charge is 2.37. The van der Waals surface area contributed by atoms with E-state index in [4.69, 9.17) is 4.98 Å². The van der Waals surface area contributed by atoms with Gasteiger partial charge in [-0.15, -0.1) is 11.8 Å². The quantitative estimate of drug-likeness (QED) is 0.340. The standard InChI is InChI=1S/C29H24N4OS/c34-25-16-22(15-21-11-6-10-18-7-4-5-12-23(18)21)26(19-13-14-19)29-33(25)24(17-35-29)28-30-27(31-32-28)20-8-2-1-3-9-20/h1-12,16,19,24H,13-15,17H2,(H,30,31,32). The lowest BCUT2D eigenvalue weighted by molar-refractivity contribution is 0.558.